The highest BCUT2D eigenvalue weighted by molar-refractivity contribution is 5.95. The number of aromatic nitrogens is 2. The summed E-state index contributed by atoms with van der Waals surface area (Å²) >= 11 is 0. The highest BCUT2D eigenvalue weighted by atomic mass is 19.1. The lowest BCUT2D eigenvalue weighted by atomic mass is 10.1. The molecular weight excluding hydrogens is 355 g/mol. The van der Waals surface area contributed by atoms with Crippen LogP contribution in [0.2, 0.25) is 0 Å². The standard InChI is InChI=1S/C23H19FN2O2/c1-2-28-23(27)22-14-18-13-19(24)8-9-21(18)26(22)15-16-10-11-25-20(12-16)17-6-4-3-5-7-17/h3-14H,2,15H2,1H3. The molecule has 0 unspecified atom stereocenters. The van der Waals surface area contributed by atoms with Gasteiger partial charge in [0.1, 0.15) is 11.5 Å². The number of pyridine rings is 1. The van der Waals surface area contributed by atoms with E-state index in [-0.39, 0.29) is 12.4 Å². The minimum atomic E-state index is -0.420. The van der Waals surface area contributed by atoms with Crippen molar-refractivity contribution >= 4 is 16.9 Å². The molecule has 0 aliphatic rings. The fourth-order valence-corrected chi connectivity index (χ4v) is 3.31. The van der Waals surface area contributed by atoms with Gasteiger partial charge < -0.3 is 9.30 Å². The normalized spacial score (nSPS) is 10.9. The maximum absolute atomic E-state index is 13.7. The van der Waals surface area contributed by atoms with Crippen LogP contribution in [0.25, 0.3) is 22.2 Å². The molecular formula is C23H19FN2O2. The second-order valence-electron chi connectivity index (χ2n) is 6.45. The third kappa shape index (κ3) is 3.51. The molecule has 2 aromatic heterocycles. The molecule has 0 saturated heterocycles. The summed E-state index contributed by atoms with van der Waals surface area (Å²) in [6, 6.07) is 20.0. The molecule has 0 fully saturated rings. The van der Waals surface area contributed by atoms with Crippen LogP contribution in [0, 0.1) is 5.82 Å². The third-order valence-electron chi connectivity index (χ3n) is 4.58. The van der Waals surface area contributed by atoms with Crippen molar-refractivity contribution in [3.63, 3.8) is 0 Å². The maximum atomic E-state index is 13.7. The van der Waals surface area contributed by atoms with E-state index in [0.29, 0.717) is 17.6 Å². The van der Waals surface area contributed by atoms with E-state index in [2.05, 4.69) is 4.98 Å². The third-order valence-corrected chi connectivity index (χ3v) is 4.58. The molecule has 5 heteroatoms. The highest BCUT2D eigenvalue weighted by Gasteiger charge is 2.17. The van der Waals surface area contributed by atoms with Crippen LogP contribution in [0.1, 0.15) is 23.0 Å². The zero-order valence-corrected chi connectivity index (χ0v) is 15.4. The summed E-state index contributed by atoms with van der Waals surface area (Å²) in [5, 5.41) is 0.667. The van der Waals surface area contributed by atoms with E-state index in [1.807, 2.05) is 47.0 Å². The molecule has 28 heavy (non-hydrogen) atoms. The van der Waals surface area contributed by atoms with Gasteiger partial charge in [0.25, 0.3) is 0 Å². The van der Waals surface area contributed by atoms with Gasteiger partial charge in [0, 0.05) is 29.2 Å². The lowest BCUT2D eigenvalue weighted by Crippen LogP contribution is -2.13. The van der Waals surface area contributed by atoms with Crippen molar-refractivity contribution in [2.24, 2.45) is 0 Å². The Kier molecular flexibility index (Phi) is 4.89. The summed E-state index contributed by atoms with van der Waals surface area (Å²) in [5.41, 5.74) is 4.05. The monoisotopic (exact) mass is 374 g/mol. The summed E-state index contributed by atoms with van der Waals surface area (Å²) in [4.78, 5) is 16.9. The molecule has 4 rings (SSSR count). The van der Waals surface area contributed by atoms with Gasteiger partial charge >= 0.3 is 5.97 Å². The van der Waals surface area contributed by atoms with Crippen molar-refractivity contribution in [2.45, 2.75) is 13.5 Å². The average Bonchev–Trinajstić information content (AvgIpc) is 3.06. The first-order valence-corrected chi connectivity index (χ1v) is 9.12. The first-order chi connectivity index (χ1) is 13.7. The molecule has 2 aromatic carbocycles. The number of carbonyl (C=O) groups excluding carboxylic acids is 1. The molecule has 0 amide bonds. The zero-order chi connectivity index (χ0) is 19.5. The van der Waals surface area contributed by atoms with Gasteiger partial charge in [-0.05, 0) is 48.9 Å². The molecule has 0 radical (unpaired) electrons. The number of fused-ring (bicyclic) bond motifs is 1. The van der Waals surface area contributed by atoms with Crippen LogP contribution < -0.4 is 0 Å². The van der Waals surface area contributed by atoms with Crippen LogP contribution in [0.5, 0.6) is 0 Å². The van der Waals surface area contributed by atoms with Crippen molar-refractivity contribution in [2.75, 3.05) is 6.61 Å². The molecule has 2 heterocycles. The molecule has 0 spiro atoms. The Hall–Kier alpha value is -3.47. The van der Waals surface area contributed by atoms with Crippen molar-refractivity contribution in [1.82, 2.24) is 9.55 Å². The van der Waals surface area contributed by atoms with E-state index in [0.717, 1.165) is 22.3 Å². The summed E-state index contributed by atoms with van der Waals surface area (Å²) < 4.78 is 20.7. The number of rotatable bonds is 5. The Morgan fingerprint density at radius 3 is 2.68 bits per heavy atom. The predicted molar refractivity (Wildman–Crippen MR) is 107 cm³/mol. The largest absolute Gasteiger partial charge is 0.461 e. The van der Waals surface area contributed by atoms with E-state index < -0.39 is 5.97 Å². The Morgan fingerprint density at radius 1 is 1.07 bits per heavy atom. The lowest BCUT2D eigenvalue weighted by Gasteiger charge is -2.11. The van der Waals surface area contributed by atoms with E-state index >= 15 is 0 Å². The van der Waals surface area contributed by atoms with Gasteiger partial charge in [-0.2, -0.15) is 0 Å². The number of halogens is 1. The molecule has 0 atom stereocenters. The smallest absolute Gasteiger partial charge is 0.354 e. The maximum Gasteiger partial charge on any atom is 0.354 e. The number of esters is 1. The number of hydrogen-bond donors (Lipinski definition) is 0. The van der Waals surface area contributed by atoms with Crippen LogP contribution in [0.15, 0.2) is 72.9 Å². The lowest BCUT2D eigenvalue weighted by molar-refractivity contribution is 0.0515. The van der Waals surface area contributed by atoms with Crippen molar-refractivity contribution < 1.29 is 13.9 Å². The van der Waals surface area contributed by atoms with Gasteiger partial charge in [0.15, 0.2) is 0 Å². The molecule has 0 saturated carbocycles. The first kappa shape index (κ1) is 17.9. The summed E-state index contributed by atoms with van der Waals surface area (Å²) in [6.45, 7) is 2.49. The van der Waals surface area contributed by atoms with Crippen LogP contribution in [0.3, 0.4) is 0 Å². The van der Waals surface area contributed by atoms with Gasteiger partial charge in [0.05, 0.1) is 12.3 Å². The van der Waals surface area contributed by atoms with Crippen molar-refractivity contribution in [3.05, 3.63) is 90.0 Å². The number of hydrogen-bond acceptors (Lipinski definition) is 3. The van der Waals surface area contributed by atoms with Gasteiger partial charge in [0.2, 0.25) is 0 Å². The average molecular weight is 374 g/mol. The first-order valence-electron chi connectivity index (χ1n) is 9.12. The second-order valence-corrected chi connectivity index (χ2v) is 6.45. The van der Waals surface area contributed by atoms with Crippen molar-refractivity contribution in [1.29, 1.82) is 0 Å². The molecule has 0 bridgehead atoms. The summed E-state index contributed by atoms with van der Waals surface area (Å²) in [7, 11) is 0. The number of benzene rings is 2. The topological polar surface area (TPSA) is 44.1 Å². The quantitative estimate of drug-likeness (QED) is 0.458. The van der Waals surface area contributed by atoms with Crippen LogP contribution in [0.4, 0.5) is 4.39 Å². The zero-order valence-electron chi connectivity index (χ0n) is 15.4. The molecule has 0 N–H and O–H groups in total. The van der Waals surface area contributed by atoms with Gasteiger partial charge in [-0.1, -0.05) is 30.3 Å². The predicted octanol–water partition coefficient (Wildman–Crippen LogP) is 5.07. The molecule has 140 valence electrons. The van der Waals surface area contributed by atoms with Gasteiger partial charge in [-0.25, -0.2) is 9.18 Å². The Bertz CT molecular complexity index is 1140. The molecule has 4 nitrogen and oxygen atoms in total. The van der Waals surface area contributed by atoms with E-state index in [4.69, 9.17) is 4.74 Å². The van der Waals surface area contributed by atoms with E-state index in [1.165, 1.54) is 12.1 Å². The number of ether oxygens (including phenoxy) is 1. The van der Waals surface area contributed by atoms with E-state index in [1.54, 1.807) is 25.3 Å². The fraction of sp³-hybridized carbons (Fsp3) is 0.130. The van der Waals surface area contributed by atoms with Crippen LogP contribution in [-0.2, 0) is 11.3 Å². The Balaban J connectivity index is 1.77. The fourth-order valence-electron chi connectivity index (χ4n) is 3.31. The number of nitrogens with zero attached hydrogens (tertiary/aromatic N) is 2. The van der Waals surface area contributed by atoms with Gasteiger partial charge in [-0.15, -0.1) is 0 Å². The minimum Gasteiger partial charge on any atom is -0.461 e. The minimum absolute atomic E-state index is 0.280. The Labute approximate surface area is 162 Å². The molecule has 4 aromatic rings. The summed E-state index contributed by atoms with van der Waals surface area (Å²) in [5.74, 6) is -0.758. The van der Waals surface area contributed by atoms with Crippen molar-refractivity contribution in [3.8, 4) is 11.3 Å². The van der Waals surface area contributed by atoms with Gasteiger partial charge in [-0.3, -0.25) is 4.98 Å². The number of carbonyl (C=O) groups is 1. The Morgan fingerprint density at radius 2 is 1.89 bits per heavy atom. The van der Waals surface area contributed by atoms with E-state index in [9.17, 15) is 9.18 Å². The molecule has 0 aliphatic heterocycles. The second kappa shape index (κ2) is 7.64. The summed E-state index contributed by atoms with van der Waals surface area (Å²) in [6.07, 6.45) is 1.76. The SMILES string of the molecule is CCOC(=O)c1cc2cc(F)ccc2n1Cc1ccnc(-c2ccccc2)c1. The van der Waals surface area contributed by atoms with Crippen LogP contribution >= 0.6 is 0 Å². The van der Waals surface area contributed by atoms with Crippen LogP contribution in [-0.4, -0.2) is 22.1 Å². The molecule has 0 aliphatic carbocycles. The highest BCUT2D eigenvalue weighted by Crippen LogP contribution is 2.24.